The normalized spacial score (nSPS) is 17.8. The smallest absolute Gasteiger partial charge is 0.0367 e. The summed E-state index contributed by atoms with van der Waals surface area (Å²) in [5, 5.41) is 0. The van der Waals surface area contributed by atoms with E-state index < -0.39 is 0 Å². The van der Waals surface area contributed by atoms with E-state index >= 15 is 0 Å². The van der Waals surface area contributed by atoms with E-state index in [4.69, 9.17) is 0 Å². The Morgan fingerprint density at radius 2 is 1.69 bits per heavy atom. The predicted molar refractivity (Wildman–Crippen MR) is 69.8 cm³/mol. The highest BCUT2D eigenvalue weighted by molar-refractivity contribution is 5.49. The number of rotatable bonds is 3. The fourth-order valence-corrected chi connectivity index (χ4v) is 2.12. The highest BCUT2D eigenvalue weighted by atomic mass is 15.2. The fourth-order valence-electron chi connectivity index (χ4n) is 2.12. The average molecular weight is 217 g/mol. The molecule has 1 heterocycles. The van der Waals surface area contributed by atoms with Crippen LogP contribution in [0, 0.1) is 6.42 Å². The monoisotopic (exact) mass is 217 g/mol. The van der Waals surface area contributed by atoms with Crippen LogP contribution < -0.4 is 4.90 Å². The second-order valence-electron chi connectivity index (χ2n) is 4.49. The fraction of sp³-hybridized carbons (Fsp3) is 0.500. The molecule has 1 fully saturated rings. The number of piperazine rings is 1. The largest absolute Gasteiger partial charge is 0.369 e. The summed E-state index contributed by atoms with van der Waals surface area (Å²) in [4.78, 5) is 4.85. The van der Waals surface area contributed by atoms with Gasteiger partial charge in [-0.1, -0.05) is 19.1 Å². The van der Waals surface area contributed by atoms with E-state index in [1.165, 1.54) is 24.3 Å². The Hall–Kier alpha value is -1.02. The summed E-state index contributed by atoms with van der Waals surface area (Å²) in [5.41, 5.74) is 2.70. The highest BCUT2D eigenvalue weighted by Gasteiger charge is 2.13. The van der Waals surface area contributed by atoms with E-state index in [-0.39, 0.29) is 0 Å². The molecule has 1 aliphatic heterocycles. The Bertz CT molecular complexity index is 310. The van der Waals surface area contributed by atoms with Crippen LogP contribution in [-0.2, 0) is 0 Å². The van der Waals surface area contributed by atoms with Crippen LogP contribution in [0.15, 0.2) is 24.3 Å². The second-order valence-corrected chi connectivity index (χ2v) is 4.49. The average Bonchev–Trinajstić information content (AvgIpc) is 2.32. The van der Waals surface area contributed by atoms with E-state index in [2.05, 4.69) is 54.5 Å². The maximum Gasteiger partial charge on any atom is 0.0367 e. The zero-order valence-electron chi connectivity index (χ0n) is 10.3. The van der Waals surface area contributed by atoms with Crippen molar-refractivity contribution in [1.82, 2.24) is 4.90 Å². The molecule has 0 spiro atoms. The van der Waals surface area contributed by atoms with Gasteiger partial charge in [0, 0.05) is 31.9 Å². The van der Waals surface area contributed by atoms with Crippen molar-refractivity contribution in [3.63, 3.8) is 0 Å². The van der Waals surface area contributed by atoms with Crippen molar-refractivity contribution in [2.75, 3.05) is 38.1 Å². The van der Waals surface area contributed by atoms with Gasteiger partial charge in [-0.2, -0.15) is 0 Å². The number of likely N-dealkylation sites (N-methyl/N-ethyl adjacent to an activating group) is 1. The number of benzene rings is 1. The van der Waals surface area contributed by atoms with Crippen molar-refractivity contribution in [3.8, 4) is 0 Å². The van der Waals surface area contributed by atoms with Gasteiger partial charge in [-0.15, -0.1) is 0 Å². The number of hydrogen-bond acceptors (Lipinski definition) is 2. The van der Waals surface area contributed by atoms with Gasteiger partial charge >= 0.3 is 0 Å². The SMILES string of the molecule is CC[CH]c1ccc(N2CCN(C)CC2)cc1. The second kappa shape index (κ2) is 5.35. The van der Waals surface area contributed by atoms with Crippen LogP contribution in [0.5, 0.6) is 0 Å². The van der Waals surface area contributed by atoms with Crippen LogP contribution >= 0.6 is 0 Å². The van der Waals surface area contributed by atoms with Gasteiger partial charge in [-0.05, 0) is 37.6 Å². The third-order valence-electron chi connectivity index (χ3n) is 3.20. The van der Waals surface area contributed by atoms with Crippen molar-refractivity contribution in [3.05, 3.63) is 36.2 Å². The molecular formula is C14H21N2. The van der Waals surface area contributed by atoms with Gasteiger partial charge < -0.3 is 9.80 Å². The van der Waals surface area contributed by atoms with Crippen LogP contribution in [0.4, 0.5) is 5.69 Å². The van der Waals surface area contributed by atoms with Crippen LogP contribution in [0.2, 0.25) is 0 Å². The summed E-state index contributed by atoms with van der Waals surface area (Å²) in [6, 6.07) is 8.92. The molecule has 0 aromatic heterocycles. The lowest BCUT2D eigenvalue weighted by atomic mass is 10.1. The molecule has 0 atom stereocenters. The van der Waals surface area contributed by atoms with Crippen molar-refractivity contribution < 1.29 is 0 Å². The number of anilines is 1. The number of nitrogens with zero attached hydrogens (tertiary/aromatic N) is 2. The molecule has 2 nitrogen and oxygen atoms in total. The molecule has 1 aromatic carbocycles. The molecular weight excluding hydrogens is 196 g/mol. The minimum absolute atomic E-state index is 1.11. The Kier molecular flexibility index (Phi) is 3.83. The van der Waals surface area contributed by atoms with E-state index in [0.29, 0.717) is 0 Å². The molecule has 0 unspecified atom stereocenters. The Morgan fingerprint density at radius 3 is 2.25 bits per heavy atom. The summed E-state index contributed by atoms with van der Waals surface area (Å²) in [6.45, 7) is 6.81. The lowest BCUT2D eigenvalue weighted by molar-refractivity contribution is 0.313. The van der Waals surface area contributed by atoms with E-state index in [9.17, 15) is 0 Å². The zero-order valence-corrected chi connectivity index (χ0v) is 10.3. The molecule has 0 saturated carbocycles. The first kappa shape index (κ1) is 11.5. The maximum atomic E-state index is 2.47. The Balaban J connectivity index is 1.98. The zero-order chi connectivity index (χ0) is 11.4. The van der Waals surface area contributed by atoms with Gasteiger partial charge in [0.1, 0.15) is 0 Å². The van der Waals surface area contributed by atoms with E-state index in [1.807, 2.05) is 0 Å². The molecule has 1 aliphatic rings. The molecule has 1 radical (unpaired) electrons. The van der Waals surface area contributed by atoms with Gasteiger partial charge in [0.15, 0.2) is 0 Å². The first-order valence-electron chi connectivity index (χ1n) is 6.16. The summed E-state index contributed by atoms with van der Waals surface area (Å²) in [5.74, 6) is 0. The quantitative estimate of drug-likeness (QED) is 0.767. The Morgan fingerprint density at radius 1 is 1.06 bits per heavy atom. The summed E-state index contributed by atoms with van der Waals surface area (Å²) < 4.78 is 0. The summed E-state index contributed by atoms with van der Waals surface area (Å²) in [6.07, 6.45) is 3.36. The molecule has 1 saturated heterocycles. The van der Waals surface area contributed by atoms with Crippen LogP contribution in [0.1, 0.15) is 18.9 Å². The topological polar surface area (TPSA) is 6.48 Å². The van der Waals surface area contributed by atoms with Crippen LogP contribution in [0.3, 0.4) is 0 Å². The third-order valence-corrected chi connectivity index (χ3v) is 3.20. The van der Waals surface area contributed by atoms with Gasteiger partial charge in [0.05, 0.1) is 0 Å². The third kappa shape index (κ3) is 2.76. The molecule has 87 valence electrons. The van der Waals surface area contributed by atoms with E-state index in [1.54, 1.807) is 0 Å². The molecule has 2 rings (SSSR count). The number of hydrogen-bond donors (Lipinski definition) is 0. The molecule has 0 N–H and O–H groups in total. The van der Waals surface area contributed by atoms with Crippen molar-refractivity contribution in [2.24, 2.45) is 0 Å². The van der Waals surface area contributed by atoms with E-state index in [0.717, 1.165) is 19.5 Å². The molecule has 0 aliphatic carbocycles. The molecule has 2 heteroatoms. The Labute approximate surface area is 98.9 Å². The minimum atomic E-state index is 1.11. The molecule has 0 amide bonds. The first-order chi connectivity index (χ1) is 7.79. The molecule has 0 bridgehead atoms. The van der Waals surface area contributed by atoms with Gasteiger partial charge in [-0.25, -0.2) is 0 Å². The van der Waals surface area contributed by atoms with Crippen molar-refractivity contribution in [2.45, 2.75) is 13.3 Å². The van der Waals surface area contributed by atoms with Crippen LogP contribution in [-0.4, -0.2) is 38.1 Å². The lowest BCUT2D eigenvalue weighted by Crippen LogP contribution is -2.44. The molecule has 1 aromatic rings. The maximum absolute atomic E-state index is 2.47. The highest BCUT2D eigenvalue weighted by Crippen LogP contribution is 2.18. The van der Waals surface area contributed by atoms with Crippen molar-refractivity contribution >= 4 is 5.69 Å². The minimum Gasteiger partial charge on any atom is -0.369 e. The van der Waals surface area contributed by atoms with Gasteiger partial charge in [0.2, 0.25) is 0 Å². The van der Waals surface area contributed by atoms with Gasteiger partial charge in [-0.3, -0.25) is 0 Å². The first-order valence-corrected chi connectivity index (χ1v) is 6.16. The van der Waals surface area contributed by atoms with Gasteiger partial charge in [0.25, 0.3) is 0 Å². The summed E-state index contributed by atoms with van der Waals surface area (Å²) in [7, 11) is 2.19. The van der Waals surface area contributed by atoms with Crippen molar-refractivity contribution in [1.29, 1.82) is 0 Å². The lowest BCUT2D eigenvalue weighted by Gasteiger charge is -2.34. The molecule has 16 heavy (non-hydrogen) atoms. The standard InChI is InChI=1S/C14H21N2/c1-3-4-13-5-7-14(8-6-13)16-11-9-15(2)10-12-16/h4-8H,3,9-12H2,1-2H3. The van der Waals surface area contributed by atoms with Crippen LogP contribution in [0.25, 0.3) is 0 Å². The predicted octanol–water partition coefficient (Wildman–Crippen LogP) is 2.40. The summed E-state index contributed by atoms with van der Waals surface area (Å²) >= 11 is 0.